The minimum absolute atomic E-state index is 0.0176. The molecule has 0 heterocycles. The van der Waals surface area contributed by atoms with Crippen molar-refractivity contribution in [2.45, 2.75) is 25.7 Å². The first-order valence-electron chi connectivity index (χ1n) is 7.21. The summed E-state index contributed by atoms with van der Waals surface area (Å²) in [7, 11) is 0. The number of hydrogen-bond donors (Lipinski definition) is 0. The van der Waals surface area contributed by atoms with Crippen LogP contribution in [-0.2, 0) is 4.79 Å². The number of fused-ring (bicyclic) bond motifs is 2. The molecule has 3 rings (SSSR count). The highest BCUT2D eigenvalue weighted by Gasteiger charge is 2.16. The molecule has 1 unspecified atom stereocenters. The molecule has 0 N–H and O–H groups in total. The van der Waals surface area contributed by atoms with Crippen molar-refractivity contribution in [2.24, 2.45) is 0 Å². The summed E-state index contributed by atoms with van der Waals surface area (Å²) in [6.07, 6.45) is 3.03. The summed E-state index contributed by atoms with van der Waals surface area (Å²) in [4.78, 5) is 11.6. The van der Waals surface area contributed by atoms with Crippen LogP contribution in [0.2, 0.25) is 0 Å². The van der Waals surface area contributed by atoms with Gasteiger partial charge in [0.25, 0.3) is 0 Å². The summed E-state index contributed by atoms with van der Waals surface area (Å²) >= 11 is 0. The minimum atomic E-state index is -0.0176. The minimum Gasteiger partial charge on any atom is -0.303 e. The van der Waals surface area contributed by atoms with Crippen LogP contribution < -0.4 is 0 Å². The Morgan fingerprint density at radius 3 is 2.00 bits per heavy atom. The van der Waals surface area contributed by atoms with Crippen molar-refractivity contribution in [1.29, 1.82) is 0 Å². The van der Waals surface area contributed by atoms with E-state index in [0.717, 1.165) is 19.1 Å². The molecule has 1 atom stereocenters. The number of carbonyl (C=O) groups excluding carboxylic acids is 1. The van der Waals surface area contributed by atoms with Gasteiger partial charge in [-0.3, -0.25) is 0 Å². The maximum absolute atomic E-state index is 11.6. The van der Waals surface area contributed by atoms with Crippen molar-refractivity contribution in [3.8, 4) is 0 Å². The quantitative estimate of drug-likeness (QED) is 0.473. The summed E-state index contributed by atoms with van der Waals surface area (Å²) < 4.78 is 0. The van der Waals surface area contributed by atoms with Gasteiger partial charge in [-0.2, -0.15) is 0 Å². The van der Waals surface area contributed by atoms with Gasteiger partial charge in [-0.25, -0.2) is 0 Å². The molecule has 0 saturated carbocycles. The second kappa shape index (κ2) is 5.46. The van der Waals surface area contributed by atoms with E-state index in [1.807, 2.05) is 0 Å². The largest absolute Gasteiger partial charge is 0.303 e. The monoisotopic (exact) mass is 262 g/mol. The number of carbonyl (C=O) groups is 1. The van der Waals surface area contributed by atoms with Crippen LogP contribution in [0.1, 0.15) is 31.2 Å². The molecular weight excluding hydrogens is 244 g/mol. The zero-order valence-corrected chi connectivity index (χ0v) is 11.7. The van der Waals surface area contributed by atoms with E-state index in [1.165, 1.54) is 27.1 Å². The highest BCUT2D eigenvalue weighted by Crippen LogP contribution is 2.34. The molecule has 0 spiro atoms. The lowest BCUT2D eigenvalue weighted by Crippen LogP contribution is -2.02. The van der Waals surface area contributed by atoms with Crippen LogP contribution in [0.3, 0.4) is 0 Å². The van der Waals surface area contributed by atoms with Gasteiger partial charge in [0.05, 0.1) is 0 Å². The summed E-state index contributed by atoms with van der Waals surface area (Å²) in [5.74, 6) is -0.0176. The molecule has 0 bridgehead atoms. The standard InChI is InChI=1S/C19H18O/c1-2-7-16(13-20)19-17-10-5-3-8-14(17)12-15-9-4-6-11-18(15)19/h3-6,8-13,16H,2,7H2,1H3. The third-order valence-electron chi connectivity index (χ3n) is 3.95. The number of benzene rings is 3. The molecule has 20 heavy (non-hydrogen) atoms. The molecule has 3 aromatic rings. The molecule has 0 amide bonds. The van der Waals surface area contributed by atoms with Gasteiger partial charge in [-0.15, -0.1) is 0 Å². The summed E-state index contributed by atoms with van der Waals surface area (Å²) in [6.45, 7) is 2.13. The molecular formula is C19H18O. The van der Waals surface area contributed by atoms with Crippen molar-refractivity contribution in [3.05, 3.63) is 60.2 Å². The zero-order chi connectivity index (χ0) is 13.9. The molecule has 0 saturated heterocycles. The molecule has 1 heteroatoms. The molecule has 100 valence electrons. The molecule has 1 nitrogen and oxygen atoms in total. The molecule has 0 aliphatic rings. The van der Waals surface area contributed by atoms with E-state index >= 15 is 0 Å². The van der Waals surface area contributed by atoms with Crippen LogP contribution in [0, 0.1) is 0 Å². The van der Waals surface area contributed by atoms with Crippen LogP contribution in [0.25, 0.3) is 21.5 Å². The summed E-state index contributed by atoms with van der Waals surface area (Å²) in [6, 6.07) is 18.9. The lowest BCUT2D eigenvalue weighted by Gasteiger charge is -2.16. The molecule has 0 aliphatic carbocycles. The van der Waals surface area contributed by atoms with E-state index in [-0.39, 0.29) is 5.92 Å². The van der Waals surface area contributed by atoms with Crippen LogP contribution in [0.4, 0.5) is 0 Å². The zero-order valence-electron chi connectivity index (χ0n) is 11.7. The fourth-order valence-electron chi connectivity index (χ4n) is 3.04. The second-order valence-corrected chi connectivity index (χ2v) is 5.26. The Hall–Kier alpha value is -2.15. The molecule has 0 aliphatic heterocycles. The average Bonchev–Trinajstić information content (AvgIpc) is 2.50. The van der Waals surface area contributed by atoms with Gasteiger partial charge in [-0.1, -0.05) is 61.9 Å². The smallest absolute Gasteiger partial charge is 0.127 e. The normalized spacial score (nSPS) is 12.7. The first-order chi connectivity index (χ1) is 9.85. The Labute approximate surface area is 119 Å². The SMILES string of the molecule is CCCC(C=O)c1c2ccccc2cc2ccccc12. The van der Waals surface area contributed by atoms with Gasteiger partial charge in [0.1, 0.15) is 6.29 Å². The Bertz CT molecular complexity index is 704. The first kappa shape index (κ1) is 12.9. The Morgan fingerprint density at radius 1 is 0.950 bits per heavy atom. The van der Waals surface area contributed by atoms with E-state index < -0.39 is 0 Å². The van der Waals surface area contributed by atoms with Crippen LogP contribution in [-0.4, -0.2) is 6.29 Å². The summed E-state index contributed by atoms with van der Waals surface area (Å²) in [5.41, 5.74) is 1.19. The van der Waals surface area contributed by atoms with Crippen LogP contribution in [0.5, 0.6) is 0 Å². The molecule has 0 radical (unpaired) electrons. The number of rotatable bonds is 4. The first-order valence-corrected chi connectivity index (χ1v) is 7.21. The van der Waals surface area contributed by atoms with Crippen molar-refractivity contribution in [2.75, 3.05) is 0 Å². The van der Waals surface area contributed by atoms with Gasteiger partial charge in [0, 0.05) is 5.92 Å². The van der Waals surface area contributed by atoms with Gasteiger partial charge in [0.2, 0.25) is 0 Å². The Balaban J connectivity index is 2.41. The second-order valence-electron chi connectivity index (χ2n) is 5.26. The Morgan fingerprint density at radius 2 is 1.50 bits per heavy atom. The van der Waals surface area contributed by atoms with Crippen molar-refractivity contribution >= 4 is 27.8 Å². The molecule has 0 fully saturated rings. The number of aldehydes is 1. The predicted octanol–water partition coefficient (Wildman–Crippen LogP) is 5.08. The molecule has 0 aromatic heterocycles. The van der Waals surface area contributed by atoms with E-state index in [2.05, 4.69) is 61.5 Å². The van der Waals surface area contributed by atoms with E-state index in [1.54, 1.807) is 0 Å². The van der Waals surface area contributed by atoms with E-state index in [4.69, 9.17) is 0 Å². The number of hydrogen-bond acceptors (Lipinski definition) is 1. The van der Waals surface area contributed by atoms with E-state index in [9.17, 15) is 4.79 Å². The maximum atomic E-state index is 11.6. The molecule has 3 aromatic carbocycles. The third-order valence-corrected chi connectivity index (χ3v) is 3.95. The van der Waals surface area contributed by atoms with E-state index in [0.29, 0.717) is 0 Å². The lowest BCUT2D eigenvalue weighted by atomic mass is 9.87. The highest BCUT2D eigenvalue weighted by molar-refractivity contribution is 6.04. The van der Waals surface area contributed by atoms with Gasteiger partial charge < -0.3 is 4.79 Å². The average molecular weight is 262 g/mol. The fraction of sp³-hybridized carbons (Fsp3) is 0.211. The van der Waals surface area contributed by atoms with Crippen LogP contribution >= 0.6 is 0 Å². The third kappa shape index (κ3) is 2.09. The fourth-order valence-corrected chi connectivity index (χ4v) is 3.04. The lowest BCUT2D eigenvalue weighted by molar-refractivity contribution is -0.109. The maximum Gasteiger partial charge on any atom is 0.127 e. The van der Waals surface area contributed by atoms with Gasteiger partial charge in [-0.05, 0) is 39.6 Å². The van der Waals surface area contributed by atoms with Crippen molar-refractivity contribution < 1.29 is 4.79 Å². The highest BCUT2D eigenvalue weighted by atomic mass is 16.1. The topological polar surface area (TPSA) is 17.1 Å². The van der Waals surface area contributed by atoms with Crippen molar-refractivity contribution in [3.63, 3.8) is 0 Å². The van der Waals surface area contributed by atoms with Crippen LogP contribution in [0.15, 0.2) is 54.6 Å². The van der Waals surface area contributed by atoms with Crippen molar-refractivity contribution in [1.82, 2.24) is 0 Å². The Kier molecular flexibility index (Phi) is 3.51. The van der Waals surface area contributed by atoms with Gasteiger partial charge >= 0.3 is 0 Å². The summed E-state index contributed by atoms with van der Waals surface area (Å²) in [5, 5.41) is 4.84. The van der Waals surface area contributed by atoms with Gasteiger partial charge in [0.15, 0.2) is 0 Å². The predicted molar refractivity (Wildman–Crippen MR) is 85.2 cm³/mol.